The summed E-state index contributed by atoms with van der Waals surface area (Å²) < 4.78 is 0. The minimum absolute atomic E-state index is 0. The zero-order valence-corrected chi connectivity index (χ0v) is 16.9. The second kappa shape index (κ2) is 9.93. The summed E-state index contributed by atoms with van der Waals surface area (Å²) in [7, 11) is 0. The Hall–Kier alpha value is -0.810. The van der Waals surface area contributed by atoms with Gasteiger partial charge in [-0.2, -0.15) is 0 Å². The third-order valence-electron chi connectivity index (χ3n) is 6.74. The number of carbonyl (C=O) groups excluding carboxylic acids is 2. The standard InChI is InChI=1S/C20H35N3O2.ClH/c21-16-20(9-3-1-4-10-20)14-19(25)22-12-7-17(8-13-22)15-23-11-5-2-6-18(23)24;/h17H,1-16,21H2;1H. The molecule has 0 bridgehead atoms. The van der Waals surface area contributed by atoms with Gasteiger partial charge in [-0.25, -0.2) is 0 Å². The average molecular weight is 386 g/mol. The monoisotopic (exact) mass is 385 g/mol. The number of halogens is 1. The van der Waals surface area contributed by atoms with Crippen LogP contribution in [0.3, 0.4) is 0 Å². The van der Waals surface area contributed by atoms with Crippen LogP contribution in [0, 0.1) is 11.3 Å². The van der Waals surface area contributed by atoms with Crippen molar-refractivity contribution in [3.8, 4) is 0 Å². The van der Waals surface area contributed by atoms with Crippen LogP contribution in [0.4, 0.5) is 0 Å². The molecule has 0 atom stereocenters. The van der Waals surface area contributed by atoms with Gasteiger partial charge in [0.1, 0.15) is 0 Å². The summed E-state index contributed by atoms with van der Waals surface area (Å²) >= 11 is 0. The Morgan fingerprint density at radius 3 is 2.35 bits per heavy atom. The lowest BCUT2D eigenvalue weighted by molar-refractivity contribution is -0.137. The molecule has 0 unspecified atom stereocenters. The molecular weight excluding hydrogens is 350 g/mol. The van der Waals surface area contributed by atoms with Crippen LogP contribution in [-0.2, 0) is 9.59 Å². The normalized spacial score (nSPS) is 24.3. The summed E-state index contributed by atoms with van der Waals surface area (Å²) in [4.78, 5) is 28.9. The van der Waals surface area contributed by atoms with Gasteiger partial charge in [0.2, 0.25) is 11.8 Å². The summed E-state index contributed by atoms with van der Waals surface area (Å²) in [5, 5.41) is 0. The van der Waals surface area contributed by atoms with Gasteiger partial charge in [0.05, 0.1) is 0 Å². The number of nitrogens with two attached hydrogens (primary N) is 1. The molecule has 1 saturated carbocycles. The fourth-order valence-electron chi connectivity index (χ4n) is 4.92. The molecule has 3 fully saturated rings. The lowest BCUT2D eigenvalue weighted by Crippen LogP contribution is -2.46. The molecular formula is C20H36ClN3O2. The highest BCUT2D eigenvalue weighted by atomic mass is 35.5. The SMILES string of the molecule is Cl.NCC1(CC(=O)N2CCC(CN3CCCCC3=O)CC2)CCCCC1. The van der Waals surface area contributed by atoms with E-state index in [0.717, 1.165) is 71.1 Å². The number of rotatable bonds is 5. The fourth-order valence-corrected chi connectivity index (χ4v) is 4.92. The van der Waals surface area contributed by atoms with E-state index in [-0.39, 0.29) is 17.8 Å². The van der Waals surface area contributed by atoms with E-state index in [9.17, 15) is 9.59 Å². The zero-order valence-electron chi connectivity index (χ0n) is 16.1. The maximum atomic E-state index is 12.8. The predicted molar refractivity (Wildman–Crippen MR) is 106 cm³/mol. The predicted octanol–water partition coefficient (Wildman–Crippen LogP) is 2.96. The van der Waals surface area contributed by atoms with Crippen molar-refractivity contribution < 1.29 is 9.59 Å². The summed E-state index contributed by atoms with van der Waals surface area (Å²) in [6.45, 7) is 4.18. The first-order chi connectivity index (χ1) is 12.1. The van der Waals surface area contributed by atoms with Crippen LogP contribution < -0.4 is 5.73 Å². The van der Waals surface area contributed by atoms with Crippen molar-refractivity contribution in [2.75, 3.05) is 32.7 Å². The maximum absolute atomic E-state index is 12.8. The highest BCUT2D eigenvalue weighted by molar-refractivity contribution is 5.85. The molecule has 0 aromatic rings. The van der Waals surface area contributed by atoms with Crippen molar-refractivity contribution in [3.63, 3.8) is 0 Å². The average Bonchev–Trinajstić information content (AvgIpc) is 2.65. The van der Waals surface area contributed by atoms with Crippen LogP contribution in [0.5, 0.6) is 0 Å². The van der Waals surface area contributed by atoms with Crippen LogP contribution >= 0.6 is 12.4 Å². The number of likely N-dealkylation sites (tertiary alicyclic amines) is 2. The highest BCUT2D eigenvalue weighted by Gasteiger charge is 2.35. The summed E-state index contributed by atoms with van der Waals surface area (Å²) in [6.07, 6.45) is 11.6. The Morgan fingerprint density at radius 2 is 1.73 bits per heavy atom. The van der Waals surface area contributed by atoms with Crippen molar-refractivity contribution in [2.24, 2.45) is 17.1 Å². The smallest absolute Gasteiger partial charge is 0.223 e. The summed E-state index contributed by atoms with van der Waals surface area (Å²) in [5.74, 6) is 1.19. The molecule has 3 rings (SSSR count). The van der Waals surface area contributed by atoms with Crippen molar-refractivity contribution in [3.05, 3.63) is 0 Å². The first kappa shape index (κ1) is 21.5. The van der Waals surface area contributed by atoms with Crippen LogP contribution in [-0.4, -0.2) is 54.3 Å². The Kier molecular flexibility index (Phi) is 8.21. The lowest BCUT2D eigenvalue weighted by atomic mass is 9.71. The number of hydrogen-bond acceptors (Lipinski definition) is 3. The Morgan fingerprint density at radius 1 is 1.04 bits per heavy atom. The van der Waals surface area contributed by atoms with Crippen molar-refractivity contribution in [2.45, 2.75) is 70.6 Å². The second-order valence-electron chi connectivity index (χ2n) is 8.56. The molecule has 2 heterocycles. The topological polar surface area (TPSA) is 66.6 Å². The Labute approximate surface area is 164 Å². The van der Waals surface area contributed by atoms with Gasteiger partial charge < -0.3 is 15.5 Å². The number of amides is 2. The minimum Gasteiger partial charge on any atom is -0.343 e. The van der Waals surface area contributed by atoms with Gasteiger partial charge in [0.15, 0.2) is 0 Å². The van der Waals surface area contributed by atoms with Crippen LogP contribution in [0.2, 0.25) is 0 Å². The molecule has 2 N–H and O–H groups in total. The van der Waals surface area contributed by atoms with Crippen molar-refractivity contribution in [1.29, 1.82) is 0 Å². The van der Waals surface area contributed by atoms with Gasteiger partial charge >= 0.3 is 0 Å². The van der Waals surface area contributed by atoms with Crippen LogP contribution in [0.15, 0.2) is 0 Å². The van der Waals surface area contributed by atoms with E-state index in [1.165, 1.54) is 19.3 Å². The van der Waals surface area contributed by atoms with Crippen LogP contribution in [0.25, 0.3) is 0 Å². The van der Waals surface area contributed by atoms with Gasteiger partial charge in [-0.3, -0.25) is 9.59 Å². The Balaban J connectivity index is 0.00000243. The van der Waals surface area contributed by atoms with E-state index in [4.69, 9.17) is 5.73 Å². The minimum atomic E-state index is 0. The van der Waals surface area contributed by atoms with Gasteiger partial charge in [-0.05, 0) is 56.4 Å². The van der Waals surface area contributed by atoms with E-state index in [0.29, 0.717) is 30.7 Å². The van der Waals surface area contributed by atoms with Crippen molar-refractivity contribution >= 4 is 24.2 Å². The van der Waals surface area contributed by atoms with Crippen molar-refractivity contribution in [1.82, 2.24) is 9.80 Å². The van der Waals surface area contributed by atoms with E-state index >= 15 is 0 Å². The molecule has 0 aromatic carbocycles. The molecule has 0 radical (unpaired) electrons. The number of nitrogens with zero attached hydrogens (tertiary/aromatic N) is 2. The van der Waals surface area contributed by atoms with E-state index in [2.05, 4.69) is 9.80 Å². The first-order valence-corrected chi connectivity index (χ1v) is 10.4. The Bertz CT molecular complexity index is 472. The number of hydrogen-bond donors (Lipinski definition) is 1. The number of piperidine rings is 2. The maximum Gasteiger partial charge on any atom is 0.223 e. The van der Waals surface area contributed by atoms with Crippen LogP contribution in [0.1, 0.15) is 70.6 Å². The molecule has 0 aromatic heterocycles. The molecule has 2 saturated heterocycles. The molecule has 150 valence electrons. The van der Waals surface area contributed by atoms with Gasteiger partial charge in [-0.1, -0.05) is 19.3 Å². The lowest BCUT2D eigenvalue weighted by Gasteiger charge is -2.40. The summed E-state index contributed by atoms with van der Waals surface area (Å²) in [5.41, 5.74) is 6.11. The van der Waals surface area contributed by atoms with Gasteiger partial charge in [0.25, 0.3) is 0 Å². The highest BCUT2D eigenvalue weighted by Crippen LogP contribution is 2.39. The quantitative estimate of drug-likeness (QED) is 0.791. The molecule has 3 aliphatic rings. The fraction of sp³-hybridized carbons (Fsp3) is 0.900. The third kappa shape index (κ3) is 5.35. The first-order valence-electron chi connectivity index (χ1n) is 10.4. The van der Waals surface area contributed by atoms with E-state index in [1.54, 1.807) is 0 Å². The molecule has 1 aliphatic carbocycles. The second-order valence-corrected chi connectivity index (χ2v) is 8.56. The van der Waals surface area contributed by atoms with Gasteiger partial charge in [-0.15, -0.1) is 12.4 Å². The third-order valence-corrected chi connectivity index (χ3v) is 6.74. The molecule has 2 aliphatic heterocycles. The van der Waals surface area contributed by atoms with Gasteiger partial charge in [0, 0.05) is 39.0 Å². The summed E-state index contributed by atoms with van der Waals surface area (Å²) in [6, 6.07) is 0. The van der Waals surface area contributed by atoms with E-state index < -0.39 is 0 Å². The molecule has 2 amide bonds. The zero-order chi connectivity index (χ0) is 17.7. The molecule has 0 spiro atoms. The van der Waals surface area contributed by atoms with E-state index in [1.807, 2.05) is 0 Å². The largest absolute Gasteiger partial charge is 0.343 e. The number of carbonyl (C=O) groups is 2. The molecule has 5 nitrogen and oxygen atoms in total. The molecule has 26 heavy (non-hydrogen) atoms. The molecule has 6 heteroatoms.